The van der Waals surface area contributed by atoms with Crippen molar-refractivity contribution < 1.29 is 17.5 Å². The maximum atomic E-state index is 13.6. The van der Waals surface area contributed by atoms with Gasteiger partial charge in [0.05, 0.1) is 17.5 Å². The molecule has 1 unspecified atom stereocenters. The van der Waals surface area contributed by atoms with Crippen molar-refractivity contribution in [2.75, 3.05) is 26.8 Å². The lowest BCUT2D eigenvalue weighted by Gasteiger charge is -2.20. The molecule has 0 spiro atoms. The summed E-state index contributed by atoms with van der Waals surface area (Å²) in [5.41, 5.74) is 1.49. The summed E-state index contributed by atoms with van der Waals surface area (Å²) in [6, 6.07) is 13.1. The van der Waals surface area contributed by atoms with Gasteiger partial charge in [-0.1, -0.05) is 49.9 Å². The number of aromatic nitrogens is 3. The predicted octanol–water partition coefficient (Wildman–Crippen LogP) is 4.61. The third kappa shape index (κ3) is 5.81. The molecule has 0 saturated carbocycles. The van der Waals surface area contributed by atoms with Gasteiger partial charge in [-0.25, -0.2) is 12.8 Å². The zero-order valence-corrected chi connectivity index (χ0v) is 20.9. The number of halogens is 1. The Labute approximate surface area is 199 Å². The lowest BCUT2D eigenvalue weighted by Crippen LogP contribution is -2.30. The number of hydrogen-bond acceptors (Lipinski definition) is 6. The highest BCUT2D eigenvalue weighted by Gasteiger charge is 2.24. The Morgan fingerprint density at radius 1 is 1.12 bits per heavy atom. The van der Waals surface area contributed by atoms with Crippen LogP contribution < -0.4 is 0 Å². The minimum atomic E-state index is -3.61. The summed E-state index contributed by atoms with van der Waals surface area (Å²) in [5.74, 6) is 0.790. The monoisotopic (exact) mass is 492 g/mol. The van der Waals surface area contributed by atoms with Crippen LogP contribution in [-0.2, 0) is 20.5 Å². The van der Waals surface area contributed by atoms with E-state index in [0.717, 1.165) is 5.56 Å². The van der Waals surface area contributed by atoms with Crippen molar-refractivity contribution in [1.29, 1.82) is 0 Å². The van der Waals surface area contributed by atoms with Crippen molar-refractivity contribution in [3.63, 3.8) is 0 Å². The van der Waals surface area contributed by atoms with E-state index < -0.39 is 10.0 Å². The first kappa shape index (κ1) is 25.4. The lowest BCUT2D eigenvalue weighted by molar-refractivity contribution is 0.159. The van der Waals surface area contributed by atoms with E-state index in [1.807, 2.05) is 37.5 Å². The Kier molecular flexibility index (Phi) is 8.63. The lowest BCUT2D eigenvalue weighted by atomic mass is 10.2. The first-order chi connectivity index (χ1) is 15.8. The van der Waals surface area contributed by atoms with Crippen LogP contribution in [0.1, 0.15) is 32.4 Å². The van der Waals surface area contributed by atoms with E-state index in [-0.39, 0.29) is 16.8 Å². The van der Waals surface area contributed by atoms with Gasteiger partial charge < -0.3 is 4.74 Å². The molecule has 3 rings (SSSR count). The number of ether oxygens (including phenoxy) is 1. The van der Waals surface area contributed by atoms with E-state index >= 15 is 0 Å². The Morgan fingerprint density at radius 2 is 1.85 bits per heavy atom. The second-order valence-electron chi connectivity index (χ2n) is 7.52. The fraction of sp³-hybridized carbons (Fsp3) is 0.391. The number of methoxy groups -OCH3 is 1. The van der Waals surface area contributed by atoms with E-state index in [9.17, 15) is 12.8 Å². The predicted molar refractivity (Wildman–Crippen MR) is 128 cm³/mol. The maximum Gasteiger partial charge on any atom is 0.243 e. The smallest absolute Gasteiger partial charge is 0.243 e. The molecule has 0 amide bonds. The highest BCUT2D eigenvalue weighted by molar-refractivity contribution is 7.98. The minimum absolute atomic E-state index is 0.0990. The molecule has 33 heavy (non-hydrogen) atoms. The molecule has 0 saturated heterocycles. The normalized spacial score (nSPS) is 12.9. The molecule has 0 aliphatic carbocycles. The molecule has 0 aliphatic heterocycles. The summed E-state index contributed by atoms with van der Waals surface area (Å²) >= 11 is 1.44. The van der Waals surface area contributed by atoms with Crippen LogP contribution in [0.25, 0.3) is 11.4 Å². The van der Waals surface area contributed by atoms with Crippen LogP contribution in [0.2, 0.25) is 0 Å². The van der Waals surface area contributed by atoms with Crippen molar-refractivity contribution in [3.05, 3.63) is 59.9 Å². The fourth-order valence-electron chi connectivity index (χ4n) is 3.57. The Morgan fingerprint density at radius 3 is 2.52 bits per heavy atom. The summed E-state index contributed by atoms with van der Waals surface area (Å²) in [7, 11) is -1.99. The molecule has 1 aromatic heterocycles. The quantitative estimate of drug-likeness (QED) is 0.364. The highest BCUT2D eigenvalue weighted by Crippen LogP contribution is 2.31. The van der Waals surface area contributed by atoms with Gasteiger partial charge in [-0.2, -0.15) is 4.31 Å². The average molecular weight is 493 g/mol. The van der Waals surface area contributed by atoms with E-state index in [4.69, 9.17) is 4.74 Å². The number of thioether (sulfide) groups is 1. The largest absolute Gasteiger partial charge is 0.383 e. The molecule has 10 heteroatoms. The van der Waals surface area contributed by atoms with Gasteiger partial charge in [0.1, 0.15) is 5.82 Å². The molecule has 3 aromatic rings. The van der Waals surface area contributed by atoms with Crippen LogP contribution in [0.4, 0.5) is 4.39 Å². The van der Waals surface area contributed by atoms with Gasteiger partial charge in [0.25, 0.3) is 0 Å². The number of sulfonamides is 1. The Bertz CT molecular complexity index is 1180. The third-order valence-corrected chi connectivity index (χ3v) is 8.27. The molecule has 0 N–H and O–H groups in total. The van der Waals surface area contributed by atoms with Gasteiger partial charge in [-0.3, -0.25) is 4.57 Å². The first-order valence-corrected chi connectivity index (χ1v) is 13.2. The number of hydrogen-bond donors (Lipinski definition) is 0. The van der Waals surface area contributed by atoms with Crippen LogP contribution in [0.15, 0.2) is 58.6 Å². The van der Waals surface area contributed by atoms with Crippen molar-refractivity contribution in [2.24, 2.45) is 0 Å². The first-order valence-electron chi connectivity index (χ1n) is 10.7. The molecule has 1 atom stereocenters. The summed E-state index contributed by atoms with van der Waals surface area (Å²) in [5, 5.41) is 9.39. The van der Waals surface area contributed by atoms with Gasteiger partial charge in [0, 0.05) is 31.5 Å². The molecule has 0 radical (unpaired) electrons. The Balaban J connectivity index is 1.99. The van der Waals surface area contributed by atoms with Gasteiger partial charge >= 0.3 is 0 Å². The number of nitrogens with zero attached hydrogens (tertiary/aromatic N) is 4. The second kappa shape index (κ2) is 11.2. The second-order valence-corrected chi connectivity index (χ2v) is 10.4. The van der Waals surface area contributed by atoms with Crippen LogP contribution in [0, 0.1) is 5.82 Å². The summed E-state index contributed by atoms with van der Waals surface area (Å²) in [4.78, 5) is 0.214. The fourth-order valence-corrected chi connectivity index (χ4v) is 6.05. The Hall–Kier alpha value is -2.27. The van der Waals surface area contributed by atoms with Crippen LogP contribution in [0.5, 0.6) is 0 Å². The van der Waals surface area contributed by atoms with E-state index in [2.05, 4.69) is 10.2 Å². The zero-order valence-electron chi connectivity index (χ0n) is 19.2. The van der Waals surface area contributed by atoms with Crippen molar-refractivity contribution in [3.8, 4) is 11.4 Å². The summed E-state index contributed by atoms with van der Waals surface area (Å²) < 4.78 is 48.3. The SMILES string of the molecule is CCN(CC)S(=O)(=O)c1cccc(-c2nnc(SCc3cccc(F)c3)n2C(C)COC)c1. The molecule has 0 fully saturated rings. The van der Waals surface area contributed by atoms with E-state index in [0.29, 0.717) is 42.0 Å². The summed E-state index contributed by atoms with van der Waals surface area (Å²) in [6.45, 7) is 6.83. The molecule has 0 bridgehead atoms. The van der Waals surface area contributed by atoms with Crippen LogP contribution >= 0.6 is 11.8 Å². The van der Waals surface area contributed by atoms with Gasteiger partial charge in [0.2, 0.25) is 10.0 Å². The van der Waals surface area contributed by atoms with Crippen LogP contribution in [-0.4, -0.2) is 54.3 Å². The molecule has 1 heterocycles. The standard InChI is InChI=1S/C23H29FN4O3S2/c1-5-27(6-2)33(29,30)21-12-8-10-19(14-21)22-25-26-23(28(22)17(3)15-31-4)32-16-18-9-7-11-20(24)13-18/h7-14,17H,5-6,15-16H2,1-4H3. The van der Waals surface area contributed by atoms with Gasteiger partial charge in [-0.15, -0.1) is 10.2 Å². The van der Waals surface area contributed by atoms with Crippen LogP contribution in [0.3, 0.4) is 0 Å². The molecule has 7 nitrogen and oxygen atoms in total. The van der Waals surface area contributed by atoms with Crippen molar-refractivity contribution >= 4 is 21.8 Å². The molecular formula is C23H29FN4O3S2. The van der Waals surface area contributed by atoms with Crippen molar-refractivity contribution in [1.82, 2.24) is 19.1 Å². The number of benzene rings is 2. The summed E-state index contributed by atoms with van der Waals surface area (Å²) in [6.07, 6.45) is 0. The van der Waals surface area contributed by atoms with Gasteiger partial charge in [-0.05, 0) is 36.8 Å². The number of rotatable bonds is 11. The van der Waals surface area contributed by atoms with Gasteiger partial charge in [0.15, 0.2) is 11.0 Å². The molecular weight excluding hydrogens is 463 g/mol. The molecule has 178 valence electrons. The highest BCUT2D eigenvalue weighted by atomic mass is 32.2. The minimum Gasteiger partial charge on any atom is -0.383 e. The zero-order chi connectivity index (χ0) is 24.0. The average Bonchev–Trinajstić information content (AvgIpc) is 3.23. The third-order valence-electron chi connectivity index (χ3n) is 5.21. The van der Waals surface area contributed by atoms with E-state index in [1.54, 1.807) is 31.4 Å². The molecule has 0 aliphatic rings. The molecule has 2 aromatic carbocycles. The van der Waals surface area contributed by atoms with Crippen molar-refractivity contribution in [2.45, 2.75) is 42.6 Å². The van der Waals surface area contributed by atoms with E-state index in [1.165, 1.54) is 28.2 Å². The maximum absolute atomic E-state index is 13.6. The topological polar surface area (TPSA) is 77.3 Å².